The number of benzene rings is 1. The van der Waals surface area contributed by atoms with Gasteiger partial charge in [-0.2, -0.15) is 0 Å². The SMILES string of the molecule is Cc1ccc(CCC2CCN(C(=O)CN3CCC[C@H]3C(=O)O)CC2)cc1. The zero-order valence-corrected chi connectivity index (χ0v) is 15.7. The zero-order chi connectivity index (χ0) is 18.5. The molecule has 5 heteroatoms. The molecule has 3 rings (SSSR count). The van der Waals surface area contributed by atoms with E-state index in [0.717, 1.165) is 45.3 Å². The maximum Gasteiger partial charge on any atom is 0.320 e. The van der Waals surface area contributed by atoms with E-state index >= 15 is 0 Å². The third-order valence-electron chi connectivity index (χ3n) is 5.92. The van der Waals surface area contributed by atoms with Gasteiger partial charge in [-0.05, 0) is 63.5 Å². The Morgan fingerprint density at radius 1 is 1.08 bits per heavy atom. The first-order valence-corrected chi connectivity index (χ1v) is 9.83. The van der Waals surface area contributed by atoms with Gasteiger partial charge in [0.05, 0.1) is 6.54 Å². The first-order chi connectivity index (χ1) is 12.5. The minimum atomic E-state index is -0.801. The van der Waals surface area contributed by atoms with Crippen LogP contribution in [0.4, 0.5) is 0 Å². The molecule has 1 aromatic rings. The standard InChI is InChI=1S/C21H30N2O3/c1-16-4-6-17(7-5-16)8-9-18-10-13-22(14-11-18)20(24)15-23-12-2-3-19(23)21(25)26/h4-7,18-19H,2-3,8-15H2,1H3,(H,25,26)/t19-/m0/s1. The minimum Gasteiger partial charge on any atom is -0.480 e. The Bertz CT molecular complexity index is 621. The first kappa shape index (κ1) is 18.9. The van der Waals surface area contributed by atoms with Gasteiger partial charge >= 0.3 is 5.97 Å². The van der Waals surface area contributed by atoms with Crippen molar-refractivity contribution in [2.45, 2.75) is 51.5 Å². The average Bonchev–Trinajstić information content (AvgIpc) is 3.10. The minimum absolute atomic E-state index is 0.0927. The van der Waals surface area contributed by atoms with Gasteiger partial charge in [0.15, 0.2) is 0 Å². The van der Waals surface area contributed by atoms with Crippen molar-refractivity contribution in [1.82, 2.24) is 9.80 Å². The van der Waals surface area contributed by atoms with Crippen LogP contribution in [0.3, 0.4) is 0 Å². The molecule has 1 aromatic carbocycles. The maximum atomic E-state index is 12.5. The molecule has 2 saturated heterocycles. The second kappa shape index (κ2) is 8.67. The monoisotopic (exact) mass is 358 g/mol. The fourth-order valence-corrected chi connectivity index (χ4v) is 4.17. The summed E-state index contributed by atoms with van der Waals surface area (Å²) in [6.45, 7) is 4.70. The Morgan fingerprint density at radius 3 is 2.42 bits per heavy atom. The maximum absolute atomic E-state index is 12.5. The lowest BCUT2D eigenvalue weighted by molar-refractivity contribution is -0.143. The van der Waals surface area contributed by atoms with Crippen LogP contribution in [0.1, 0.15) is 43.2 Å². The Hall–Kier alpha value is -1.88. The normalized spacial score (nSPS) is 21.9. The summed E-state index contributed by atoms with van der Waals surface area (Å²) in [6, 6.07) is 8.27. The summed E-state index contributed by atoms with van der Waals surface area (Å²) in [6.07, 6.45) is 5.92. The zero-order valence-electron chi connectivity index (χ0n) is 15.7. The number of rotatable bonds is 6. The number of carbonyl (C=O) groups excluding carboxylic acids is 1. The van der Waals surface area contributed by atoms with Crippen LogP contribution in [0.2, 0.25) is 0 Å². The average molecular weight is 358 g/mol. The van der Waals surface area contributed by atoms with E-state index in [2.05, 4.69) is 31.2 Å². The number of nitrogens with zero attached hydrogens (tertiary/aromatic N) is 2. The van der Waals surface area contributed by atoms with Crippen LogP contribution in [0.5, 0.6) is 0 Å². The molecule has 0 spiro atoms. The number of carbonyl (C=O) groups is 2. The predicted molar refractivity (Wildman–Crippen MR) is 101 cm³/mol. The molecule has 1 N–H and O–H groups in total. The van der Waals surface area contributed by atoms with Gasteiger partial charge in [-0.25, -0.2) is 0 Å². The van der Waals surface area contributed by atoms with Crippen molar-refractivity contribution in [3.63, 3.8) is 0 Å². The summed E-state index contributed by atoms with van der Waals surface area (Å²) in [7, 11) is 0. The van der Waals surface area contributed by atoms with E-state index in [4.69, 9.17) is 0 Å². The second-order valence-corrected chi connectivity index (χ2v) is 7.82. The number of carboxylic acids is 1. The quantitative estimate of drug-likeness (QED) is 0.849. The molecule has 0 bridgehead atoms. The summed E-state index contributed by atoms with van der Waals surface area (Å²) in [5.41, 5.74) is 2.69. The highest BCUT2D eigenvalue weighted by molar-refractivity contribution is 5.80. The molecule has 2 heterocycles. The molecule has 0 unspecified atom stereocenters. The fraction of sp³-hybridized carbons (Fsp3) is 0.619. The first-order valence-electron chi connectivity index (χ1n) is 9.83. The second-order valence-electron chi connectivity index (χ2n) is 7.82. The highest BCUT2D eigenvalue weighted by Crippen LogP contribution is 2.24. The number of hydrogen-bond acceptors (Lipinski definition) is 3. The number of likely N-dealkylation sites (tertiary alicyclic amines) is 2. The van der Waals surface area contributed by atoms with Crippen molar-refractivity contribution >= 4 is 11.9 Å². The summed E-state index contributed by atoms with van der Waals surface area (Å²) in [4.78, 5) is 27.5. The molecule has 2 aliphatic heterocycles. The highest BCUT2D eigenvalue weighted by Gasteiger charge is 2.33. The number of carboxylic acid groups (broad SMARTS) is 1. The van der Waals surface area contributed by atoms with Crippen molar-refractivity contribution in [2.75, 3.05) is 26.2 Å². The Kier molecular flexibility index (Phi) is 6.30. The molecule has 2 aliphatic rings. The molecular weight excluding hydrogens is 328 g/mol. The molecule has 1 atom stereocenters. The smallest absolute Gasteiger partial charge is 0.320 e. The van der Waals surface area contributed by atoms with Gasteiger partial charge in [-0.15, -0.1) is 0 Å². The van der Waals surface area contributed by atoms with Crippen LogP contribution in [-0.2, 0) is 16.0 Å². The Morgan fingerprint density at radius 2 is 1.77 bits per heavy atom. The van der Waals surface area contributed by atoms with E-state index in [1.54, 1.807) is 0 Å². The van der Waals surface area contributed by atoms with Gasteiger partial charge in [-0.3, -0.25) is 14.5 Å². The molecule has 142 valence electrons. The Labute approximate surface area is 156 Å². The number of aryl methyl sites for hydroxylation is 2. The molecule has 0 aromatic heterocycles. The molecule has 0 aliphatic carbocycles. The van der Waals surface area contributed by atoms with Crippen LogP contribution in [-0.4, -0.2) is 59.0 Å². The molecule has 0 saturated carbocycles. The van der Waals surface area contributed by atoms with Crippen molar-refractivity contribution in [1.29, 1.82) is 0 Å². The topological polar surface area (TPSA) is 60.9 Å². The van der Waals surface area contributed by atoms with E-state index in [9.17, 15) is 14.7 Å². The van der Waals surface area contributed by atoms with E-state index in [-0.39, 0.29) is 12.5 Å². The van der Waals surface area contributed by atoms with Gasteiger partial charge < -0.3 is 10.0 Å². The molecule has 2 fully saturated rings. The van der Waals surface area contributed by atoms with E-state index in [1.165, 1.54) is 17.5 Å². The van der Waals surface area contributed by atoms with Gasteiger partial charge in [-0.1, -0.05) is 29.8 Å². The van der Waals surface area contributed by atoms with Crippen molar-refractivity contribution in [2.24, 2.45) is 5.92 Å². The number of hydrogen-bond donors (Lipinski definition) is 1. The summed E-state index contributed by atoms with van der Waals surface area (Å²) in [5.74, 6) is -0.0286. The van der Waals surface area contributed by atoms with Gasteiger partial charge in [0.2, 0.25) is 5.91 Å². The van der Waals surface area contributed by atoms with Crippen LogP contribution in [0.15, 0.2) is 24.3 Å². The molecule has 26 heavy (non-hydrogen) atoms. The molecular formula is C21H30N2O3. The fourth-order valence-electron chi connectivity index (χ4n) is 4.17. The lowest BCUT2D eigenvalue weighted by atomic mass is 9.90. The number of aliphatic carboxylic acids is 1. The van der Waals surface area contributed by atoms with Crippen LogP contribution >= 0.6 is 0 Å². The largest absolute Gasteiger partial charge is 0.480 e. The van der Waals surface area contributed by atoms with Gasteiger partial charge in [0, 0.05) is 13.1 Å². The van der Waals surface area contributed by atoms with E-state index in [0.29, 0.717) is 12.3 Å². The third-order valence-corrected chi connectivity index (χ3v) is 5.92. The van der Waals surface area contributed by atoms with Crippen molar-refractivity contribution in [3.8, 4) is 0 Å². The summed E-state index contributed by atoms with van der Waals surface area (Å²) in [5, 5.41) is 9.24. The van der Waals surface area contributed by atoms with Gasteiger partial charge in [0.1, 0.15) is 6.04 Å². The lowest BCUT2D eigenvalue weighted by Gasteiger charge is -2.33. The Balaban J connectivity index is 1.41. The van der Waals surface area contributed by atoms with Gasteiger partial charge in [0.25, 0.3) is 0 Å². The van der Waals surface area contributed by atoms with Crippen molar-refractivity contribution in [3.05, 3.63) is 35.4 Å². The van der Waals surface area contributed by atoms with E-state index < -0.39 is 12.0 Å². The van der Waals surface area contributed by atoms with Crippen LogP contribution < -0.4 is 0 Å². The third kappa shape index (κ3) is 4.85. The summed E-state index contributed by atoms with van der Waals surface area (Å²) < 4.78 is 0. The molecule has 1 amide bonds. The molecule has 5 nitrogen and oxygen atoms in total. The molecule has 0 radical (unpaired) electrons. The van der Waals surface area contributed by atoms with Crippen LogP contribution in [0.25, 0.3) is 0 Å². The lowest BCUT2D eigenvalue weighted by Crippen LogP contribution is -2.46. The number of piperidine rings is 1. The van der Waals surface area contributed by atoms with Crippen molar-refractivity contribution < 1.29 is 14.7 Å². The summed E-state index contributed by atoms with van der Waals surface area (Å²) >= 11 is 0. The predicted octanol–water partition coefficient (Wildman–Crippen LogP) is 2.72. The van der Waals surface area contributed by atoms with Crippen LogP contribution in [0, 0.1) is 12.8 Å². The highest BCUT2D eigenvalue weighted by atomic mass is 16.4. The number of amides is 1. The van der Waals surface area contributed by atoms with E-state index in [1.807, 2.05) is 9.80 Å².